The van der Waals surface area contributed by atoms with Gasteiger partial charge in [-0.1, -0.05) is 0 Å². The minimum absolute atomic E-state index is 0.0689. The number of benzene rings is 1. The van der Waals surface area contributed by atoms with Crippen LogP contribution in [0.2, 0.25) is 0 Å². The van der Waals surface area contributed by atoms with Gasteiger partial charge in [-0.15, -0.1) is 0 Å². The van der Waals surface area contributed by atoms with Crippen LogP contribution in [0.15, 0.2) is 18.2 Å². The van der Waals surface area contributed by atoms with Gasteiger partial charge in [-0.05, 0) is 25.1 Å². The zero-order valence-corrected chi connectivity index (χ0v) is 9.45. The molecule has 0 bridgehead atoms. The van der Waals surface area contributed by atoms with Crippen molar-refractivity contribution in [3.63, 3.8) is 0 Å². The maximum Gasteiger partial charge on any atom is 0.411 e. The summed E-state index contributed by atoms with van der Waals surface area (Å²) in [5.41, 5.74) is 0.0669. The van der Waals surface area contributed by atoms with Gasteiger partial charge in [-0.3, -0.25) is 5.32 Å². The third kappa shape index (κ3) is 3.44. The monoisotopic (exact) mass is 241 g/mol. The van der Waals surface area contributed by atoms with E-state index in [4.69, 9.17) is 0 Å². The van der Waals surface area contributed by atoms with Gasteiger partial charge >= 0.3 is 12.1 Å². The standard InChI is InChI=1S/C11H12FNO4/c1-3-17-11(15)13-9-5-4-7(12)6-8(9)10(14)16-2/h4-6H,3H2,1-2H3,(H,13,15). The van der Waals surface area contributed by atoms with Crippen molar-refractivity contribution in [2.24, 2.45) is 0 Å². The van der Waals surface area contributed by atoms with E-state index in [-0.39, 0.29) is 17.9 Å². The van der Waals surface area contributed by atoms with Crippen molar-refractivity contribution in [1.29, 1.82) is 0 Å². The van der Waals surface area contributed by atoms with Crippen molar-refractivity contribution < 1.29 is 23.5 Å². The Bertz CT molecular complexity index is 433. The van der Waals surface area contributed by atoms with Crippen LogP contribution in [0.1, 0.15) is 17.3 Å². The Hall–Kier alpha value is -2.11. The molecular weight excluding hydrogens is 229 g/mol. The highest BCUT2D eigenvalue weighted by atomic mass is 19.1. The molecule has 0 fully saturated rings. The van der Waals surface area contributed by atoms with Crippen molar-refractivity contribution >= 4 is 17.7 Å². The summed E-state index contributed by atoms with van der Waals surface area (Å²) in [6.07, 6.45) is -0.718. The Morgan fingerprint density at radius 1 is 1.41 bits per heavy atom. The maximum atomic E-state index is 13.0. The highest BCUT2D eigenvalue weighted by molar-refractivity contribution is 5.99. The van der Waals surface area contributed by atoms with E-state index in [1.807, 2.05) is 0 Å². The van der Waals surface area contributed by atoms with E-state index in [0.717, 1.165) is 12.1 Å². The van der Waals surface area contributed by atoms with E-state index in [0.29, 0.717) is 0 Å². The van der Waals surface area contributed by atoms with Crippen molar-refractivity contribution in [3.8, 4) is 0 Å². The summed E-state index contributed by atoms with van der Waals surface area (Å²) in [6.45, 7) is 1.84. The highest BCUT2D eigenvalue weighted by Crippen LogP contribution is 2.18. The molecule has 0 heterocycles. The predicted octanol–water partition coefficient (Wildman–Crippen LogP) is 2.18. The van der Waals surface area contributed by atoms with Gasteiger partial charge in [0, 0.05) is 0 Å². The molecule has 17 heavy (non-hydrogen) atoms. The second-order valence-electron chi connectivity index (χ2n) is 3.03. The van der Waals surface area contributed by atoms with Crippen LogP contribution in [-0.2, 0) is 9.47 Å². The molecule has 5 nitrogen and oxygen atoms in total. The van der Waals surface area contributed by atoms with Gasteiger partial charge in [0.2, 0.25) is 0 Å². The minimum atomic E-state index is -0.740. The molecule has 0 aliphatic carbocycles. The summed E-state index contributed by atoms with van der Waals surface area (Å²) >= 11 is 0. The van der Waals surface area contributed by atoms with Crippen LogP contribution >= 0.6 is 0 Å². The number of hydrogen-bond acceptors (Lipinski definition) is 4. The average molecular weight is 241 g/mol. The molecule has 0 saturated heterocycles. The molecule has 0 saturated carbocycles. The Kier molecular flexibility index (Phi) is 4.45. The van der Waals surface area contributed by atoms with Crippen LogP contribution in [0.3, 0.4) is 0 Å². The molecule has 0 aromatic heterocycles. The third-order valence-electron chi connectivity index (χ3n) is 1.90. The molecule has 0 spiro atoms. The largest absolute Gasteiger partial charge is 0.465 e. The Labute approximate surface area is 97.5 Å². The fourth-order valence-corrected chi connectivity index (χ4v) is 1.18. The molecule has 0 radical (unpaired) electrons. The summed E-state index contributed by atoms with van der Waals surface area (Å²) in [6, 6.07) is 3.36. The van der Waals surface area contributed by atoms with E-state index in [2.05, 4.69) is 14.8 Å². The molecule has 1 amide bonds. The van der Waals surface area contributed by atoms with Gasteiger partial charge in [-0.25, -0.2) is 14.0 Å². The summed E-state index contributed by atoms with van der Waals surface area (Å²) in [4.78, 5) is 22.5. The van der Waals surface area contributed by atoms with Crippen LogP contribution in [0.5, 0.6) is 0 Å². The molecule has 6 heteroatoms. The quantitative estimate of drug-likeness (QED) is 0.824. The van der Waals surface area contributed by atoms with Gasteiger partial charge in [0.15, 0.2) is 0 Å². The average Bonchev–Trinajstić information content (AvgIpc) is 2.30. The topological polar surface area (TPSA) is 64.6 Å². The first-order valence-corrected chi connectivity index (χ1v) is 4.90. The van der Waals surface area contributed by atoms with Gasteiger partial charge < -0.3 is 9.47 Å². The molecule has 1 aromatic carbocycles. The molecule has 1 N–H and O–H groups in total. The maximum absolute atomic E-state index is 13.0. The number of nitrogens with one attached hydrogen (secondary N) is 1. The smallest absolute Gasteiger partial charge is 0.411 e. The summed E-state index contributed by atoms with van der Waals surface area (Å²) < 4.78 is 22.1. The minimum Gasteiger partial charge on any atom is -0.465 e. The van der Waals surface area contributed by atoms with E-state index in [1.54, 1.807) is 6.92 Å². The number of ether oxygens (including phenoxy) is 2. The number of carbonyl (C=O) groups is 2. The van der Waals surface area contributed by atoms with Crippen molar-refractivity contribution in [2.75, 3.05) is 19.0 Å². The van der Waals surface area contributed by atoms with Gasteiger partial charge in [-0.2, -0.15) is 0 Å². The van der Waals surface area contributed by atoms with Crippen molar-refractivity contribution in [3.05, 3.63) is 29.6 Å². The number of esters is 1. The molecule has 1 rings (SSSR count). The third-order valence-corrected chi connectivity index (χ3v) is 1.90. The van der Waals surface area contributed by atoms with Gasteiger partial charge in [0.25, 0.3) is 0 Å². The van der Waals surface area contributed by atoms with Crippen LogP contribution in [-0.4, -0.2) is 25.8 Å². The first-order chi connectivity index (χ1) is 8.08. The number of hydrogen-bond donors (Lipinski definition) is 1. The van der Waals surface area contributed by atoms with E-state index < -0.39 is 17.9 Å². The fraction of sp³-hybridized carbons (Fsp3) is 0.273. The Balaban J connectivity index is 2.98. The number of carbonyl (C=O) groups excluding carboxylic acids is 2. The summed E-state index contributed by atoms with van der Waals surface area (Å²) in [7, 11) is 1.17. The first-order valence-electron chi connectivity index (χ1n) is 4.90. The highest BCUT2D eigenvalue weighted by Gasteiger charge is 2.15. The lowest BCUT2D eigenvalue weighted by atomic mass is 10.1. The molecule has 1 aromatic rings. The Morgan fingerprint density at radius 2 is 2.12 bits per heavy atom. The molecule has 0 aliphatic heterocycles. The van der Waals surface area contributed by atoms with E-state index in [9.17, 15) is 14.0 Å². The number of rotatable bonds is 3. The number of methoxy groups -OCH3 is 1. The lowest BCUT2D eigenvalue weighted by Crippen LogP contribution is -2.16. The number of anilines is 1. The number of amides is 1. The second-order valence-corrected chi connectivity index (χ2v) is 3.03. The summed E-state index contributed by atoms with van der Waals surface area (Å²) in [5, 5.41) is 2.33. The molecule has 0 atom stereocenters. The normalized spacial score (nSPS) is 9.59. The SMILES string of the molecule is CCOC(=O)Nc1ccc(F)cc1C(=O)OC. The fourth-order valence-electron chi connectivity index (χ4n) is 1.18. The van der Waals surface area contributed by atoms with Crippen LogP contribution in [0, 0.1) is 5.82 Å². The molecular formula is C11H12FNO4. The number of halogens is 1. The van der Waals surface area contributed by atoms with Crippen LogP contribution in [0.25, 0.3) is 0 Å². The lowest BCUT2D eigenvalue weighted by Gasteiger charge is -2.09. The van der Waals surface area contributed by atoms with Crippen molar-refractivity contribution in [1.82, 2.24) is 0 Å². The van der Waals surface area contributed by atoms with Crippen molar-refractivity contribution in [2.45, 2.75) is 6.92 Å². The predicted molar refractivity (Wildman–Crippen MR) is 58.4 cm³/mol. The van der Waals surface area contributed by atoms with E-state index >= 15 is 0 Å². The van der Waals surface area contributed by atoms with Gasteiger partial charge in [0.1, 0.15) is 5.82 Å². The molecule has 0 aliphatic rings. The van der Waals surface area contributed by atoms with Crippen LogP contribution < -0.4 is 5.32 Å². The summed E-state index contributed by atoms with van der Waals surface area (Å²) in [5.74, 6) is -1.34. The Morgan fingerprint density at radius 3 is 2.71 bits per heavy atom. The molecule has 92 valence electrons. The second kappa shape index (κ2) is 5.83. The zero-order valence-electron chi connectivity index (χ0n) is 9.45. The molecule has 0 unspecified atom stereocenters. The first kappa shape index (κ1) is 13.0. The lowest BCUT2D eigenvalue weighted by molar-refractivity contribution is 0.0601. The van der Waals surface area contributed by atoms with Crippen LogP contribution in [0.4, 0.5) is 14.9 Å². The zero-order chi connectivity index (χ0) is 12.8. The van der Waals surface area contributed by atoms with E-state index in [1.165, 1.54) is 13.2 Å². The van der Waals surface area contributed by atoms with Gasteiger partial charge in [0.05, 0.1) is 25.0 Å².